The number of hydrogen-bond donors (Lipinski definition) is 2. The van der Waals surface area contributed by atoms with E-state index in [9.17, 15) is 5.11 Å². The van der Waals surface area contributed by atoms with Crippen molar-refractivity contribution in [1.82, 2.24) is 4.90 Å². The number of nitrogens with zero attached hydrogens (tertiary/aromatic N) is 1. The SMILES string of the molecule is CCC(N)C(c1sccc1C)N(C)C(C)(C)CO. The number of aliphatic hydroxyl groups excluding tert-OH is 1. The number of aryl methyl sites for hydroxylation is 1. The van der Waals surface area contributed by atoms with Crippen LogP contribution >= 0.6 is 11.3 Å². The zero-order valence-corrected chi connectivity index (χ0v) is 12.9. The van der Waals surface area contributed by atoms with E-state index in [1.807, 2.05) is 13.8 Å². The molecule has 4 heteroatoms. The second-order valence-electron chi connectivity index (χ2n) is 5.57. The largest absolute Gasteiger partial charge is 0.394 e. The molecule has 0 spiro atoms. The summed E-state index contributed by atoms with van der Waals surface area (Å²) >= 11 is 1.75. The summed E-state index contributed by atoms with van der Waals surface area (Å²) in [5.74, 6) is 0. The van der Waals surface area contributed by atoms with E-state index in [1.54, 1.807) is 11.3 Å². The quantitative estimate of drug-likeness (QED) is 0.835. The van der Waals surface area contributed by atoms with E-state index in [2.05, 4.69) is 37.2 Å². The summed E-state index contributed by atoms with van der Waals surface area (Å²) in [5.41, 5.74) is 7.33. The molecule has 0 aliphatic heterocycles. The van der Waals surface area contributed by atoms with Crippen LogP contribution in [0.4, 0.5) is 0 Å². The minimum absolute atomic E-state index is 0.0816. The number of thiophene rings is 1. The maximum atomic E-state index is 9.56. The van der Waals surface area contributed by atoms with Crippen LogP contribution in [0.25, 0.3) is 0 Å². The van der Waals surface area contributed by atoms with Crippen LogP contribution in [0.3, 0.4) is 0 Å². The molecular formula is C14H26N2OS. The molecule has 104 valence electrons. The maximum absolute atomic E-state index is 9.56. The Bertz CT molecular complexity index is 376. The summed E-state index contributed by atoms with van der Waals surface area (Å²) in [6, 6.07) is 2.38. The van der Waals surface area contributed by atoms with Gasteiger partial charge in [-0.15, -0.1) is 11.3 Å². The van der Waals surface area contributed by atoms with Crippen molar-refractivity contribution in [2.75, 3.05) is 13.7 Å². The number of likely N-dealkylation sites (N-methyl/N-ethyl adjacent to an activating group) is 1. The zero-order valence-electron chi connectivity index (χ0n) is 12.1. The summed E-state index contributed by atoms with van der Waals surface area (Å²) in [7, 11) is 2.05. The molecule has 1 aromatic rings. The lowest BCUT2D eigenvalue weighted by Gasteiger charge is -2.42. The lowest BCUT2D eigenvalue weighted by atomic mass is 9.95. The van der Waals surface area contributed by atoms with E-state index in [1.165, 1.54) is 10.4 Å². The van der Waals surface area contributed by atoms with Crippen LogP contribution in [0.15, 0.2) is 11.4 Å². The number of aliphatic hydroxyl groups is 1. The maximum Gasteiger partial charge on any atom is 0.0610 e. The summed E-state index contributed by atoms with van der Waals surface area (Å²) in [6.07, 6.45) is 0.924. The molecule has 1 rings (SSSR count). The highest BCUT2D eigenvalue weighted by Gasteiger charge is 2.34. The van der Waals surface area contributed by atoms with E-state index < -0.39 is 0 Å². The Kier molecular flexibility index (Phi) is 5.34. The fourth-order valence-corrected chi connectivity index (χ4v) is 3.20. The highest BCUT2D eigenvalue weighted by atomic mass is 32.1. The van der Waals surface area contributed by atoms with Gasteiger partial charge in [-0.25, -0.2) is 0 Å². The van der Waals surface area contributed by atoms with Crippen molar-refractivity contribution in [1.29, 1.82) is 0 Å². The molecule has 2 atom stereocenters. The molecule has 0 radical (unpaired) electrons. The minimum Gasteiger partial charge on any atom is -0.394 e. The first-order chi connectivity index (χ1) is 8.35. The predicted octanol–water partition coefficient (Wildman–Crippen LogP) is 2.54. The monoisotopic (exact) mass is 270 g/mol. The van der Waals surface area contributed by atoms with Gasteiger partial charge in [-0.05, 0) is 51.2 Å². The molecule has 0 aromatic carbocycles. The van der Waals surface area contributed by atoms with Crippen LogP contribution in [0.5, 0.6) is 0 Å². The van der Waals surface area contributed by atoms with E-state index in [4.69, 9.17) is 5.73 Å². The van der Waals surface area contributed by atoms with Gasteiger partial charge in [-0.1, -0.05) is 6.92 Å². The Morgan fingerprint density at radius 3 is 2.50 bits per heavy atom. The molecule has 0 aliphatic rings. The fourth-order valence-electron chi connectivity index (χ4n) is 2.06. The second-order valence-corrected chi connectivity index (χ2v) is 6.51. The molecule has 0 aliphatic carbocycles. The topological polar surface area (TPSA) is 49.5 Å². The number of hydrogen-bond acceptors (Lipinski definition) is 4. The van der Waals surface area contributed by atoms with E-state index >= 15 is 0 Å². The third-order valence-corrected chi connectivity index (χ3v) is 4.90. The van der Waals surface area contributed by atoms with Gasteiger partial charge in [-0.3, -0.25) is 4.90 Å². The van der Waals surface area contributed by atoms with E-state index in [-0.39, 0.29) is 24.2 Å². The molecule has 0 bridgehead atoms. The second kappa shape index (κ2) is 6.15. The van der Waals surface area contributed by atoms with Crippen LogP contribution in [-0.2, 0) is 0 Å². The van der Waals surface area contributed by atoms with Gasteiger partial charge in [0, 0.05) is 16.5 Å². The van der Waals surface area contributed by atoms with Crippen molar-refractivity contribution in [3.05, 3.63) is 21.9 Å². The average molecular weight is 270 g/mol. The van der Waals surface area contributed by atoms with Crippen molar-refractivity contribution in [2.45, 2.75) is 51.7 Å². The number of rotatable bonds is 6. The van der Waals surface area contributed by atoms with Crippen molar-refractivity contribution in [3.8, 4) is 0 Å². The molecule has 3 nitrogen and oxygen atoms in total. The Hall–Kier alpha value is -0.420. The molecule has 18 heavy (non-hydrogen) atoms. The molecule has 0 saturated carbocycles. The van der Waals surface area contributed by atoms with Gasteiger partial charge in [0.1, 0.15) is 0 Å². The van der Waals surface area contributed by atoms with Gasteiger partial charge in [-0.2, -0.15) is 0 Å². The Labute approximate surface area is 115 Å². The van der Waals surface area contributed by atoms with E-state index in [0.29, 0.717) is 0 Å². The molecule has 1 aromatic heterocycles. The summed E-state index contributed by atoms with van der Waals surface area (Å²) < 4.78 is 0. The van der Waals surface area contributed by atoms with Crippen molar-refractivity contribution in [2.24, 2.45) is 5.73 Å². The van der Waals surface area contributed by atoms with Crippen molar-refractivity contribution < 1.29 is 5.11 Å². The van der Waals surface area contributed by atoms with Crippen LogP contribution in [0, 0.1) is 6.92 Å². The van der Waals surface area contributed by atoms with Gasteiger partial charge < -0.3 is 10.8 Å². The minimum atomic E-state index is -0.270. The highest BCUT2D eigenvalue weighted by Crippen LogP contribution is 2.34. The normalized spacial score (nSPS) is 16.0. The molecule has 2 unspecified atom stereocenters. The third kappa shape index (κ3) is 3.12. The molecule has 0 amide bonds. The van der Waals surface area contributed by atoms with Crippen molar-refractivity contribution in [3.63, 3.8) is 0 Å². The van der Waals surface area contributed by atoms with Crippen LogP contribution in [0.2, 0.25) is 0 Å². The van der Waals surface area contributed by atoms with Crippen LogP contribution in [0.1, 0.15) is 43.7 Å². The summed E-state index contributed by atoms with van der Waals surface area (Å²) in [6.45, 7) is 8.46. The first kappa shape index (κ1) is 15.6. The summed E-state index contributed by atoms with van der Waals surface area (Å²) in [5, 5.41) is 11.7. The number of nitrogens with two attached hydrogens (primary N) is 1. The van der Waals surface area contributed by atoms with Gasteiger partial charge in [0.15, 0.2) is 0 Å². The Morgan fingerprint density at radius 1 is 1.50 bits per heavy atom. The smallest absolute Gasteiger partial charge is 0.0610 e. The lowest BCUT2D eigenvalue weighted by Crippen LogP contribution is -2.51. The first-order valence-corrected chi connectivity index (χ1v) is 7.36. The molecular weight excluding hydrogens is 244 g/mol. The van der Waals surface area contributed by atoms with Gasteiger partial charge in [0.2, 0.25) is 0 Å². The molecule has 3 N–H and O–H groups in total. The van der Waals surface area contributed by atoms with Crippen LogP contribution < -0.4 is 5.73 Å². The highest BCUT2D eigenvalue weighted by molar-refractivity contribution is 7.10. The molecule has 1 heterocycles. The van der Waals surface area contributed by atoms with Gasteiger partial charge in [0.25, 0.3) is 0 Å². The van der Waals surface area contributed by atoms with Gasteiger partial charge >= 0.3 is 0 Å². The van der Waals surface area contributed by atoms with Gasteiger partial charge in [0.05, 0.1) is 12.6 Å². The fraction of sp³-hybridized carbons (Fsp3) is 0.714. The van der Waals surface area contributed by atoms with Crippen LogP contribution in [-0.4, -0.2) is 35.2 Å². The van der Waals surface area contributed by atoms with Crippen molar-refractivity contribution >= 4 is 11.3 Å². The summed E-state index contributed by atoms with van der Waals surface area (Å²) in [4.78, 5) is 3.52. The zero-order chi connectivity index (χ0) is 13.9. The Morgan fingerprint density at radius 2 is 2.11 bits per heavy atom. The molecule has 0 fully saturated rings. The predicted molar refractivity (Wildman–Crippen MR) is 79.0 cm³/mol. The third-order valence-electron chi connectivity index (χ3n) is 3.81. The van der Waals surface area contributed by atoms with E-state index in [0.717, 1.165) is 6.42 Å². The first-order valence-electron chi connectivity index (χ1n) is 6.48. The lowest BCUT2D eigenvalue weighted by molar-refractivity contribution is 0.0356. The Balaban J connectivity index is 3.11. The standard InChI is InChI=1S/C14H26N2OS/c1-6-11(15)12(13-10(2)7-8-18-13)16(5)14(3,4)9-17/h7-8,11-12,17H,6,9,15H2,1-5H3. The molecule has 0 saturated heterocycles. The average Bonchev–Trinajstić information content (AvgIpc) is 2.75.